The molecular weight excluding hydrogens is 246 g/mol. The van der Waals surface area contributed by atoms with Crippen molar-refractivity contribution >= 4 is 10.8 Å². The van der Waals surface area contributed by atoms with Crippen LogP contribution in [0, 0.1) is 17.2 Å². The van der Waals surface area contributed by atoms with Crippen molar-refractivity contribution in [3.05, 3.63) is 29.8 Å². The molecule has 18 heavy (non-hydrogen) atoms. The lowest BCUT2D eigenvalue weighted by molar-refractivity contribution is 0.342. The van der Waals surface area contributed by atoms with Gasteiger partial charge in [0.1, 0.15) is 5.75 Å². The Morgan fingerprint density at radius 2 is 2.17 bits per heavy atom. The molecule has 0 aliphatic rings. The van der Waals surface area contributed by atoms with Gasteiger partial charge in [0.25, 0.3) is 0 Å². The van der Waals surface area contributed by atoms with E-state index < -0.39 is 10.8 Å². The zero-order valence-electron chi connectivity index (χ0n) is 10.9. The van der Waals surface area contributed by atoms with Crippen molar-refractivity contribution in [3.63, 3.8) is 0 Å². The lowest BCUT2D eigenvalue weighted by Crippen LogP contribution is -2.12. The van der Waals surface area contributed by atoms with Crippen LogP contribution in [0.25, 0.3) is 0 Å². The molecule has 1 atom stereocenters. The lowest BCUT2D eigenvalue weighted by Gasteiger charge is -2.07. The first-order valence-corrected chi connectivity index (χ1v) is 7.58. The van der Waals surface area contributed by atoms with Crippen molar-refractivity contribution < 1.29 is 8.95 Å². The van der Waals surface area contributed by atoms with Crippen molar-refractivity contribution in [2.75, 3.05) is 18.1 Å². The number of hydrogen-bond acceptors (Lipinski definition) is 3. The van der Waals surface area contributed by atoms with Gasteiger partial charge in [-0.2, -0.15) is 5.26 Å². The van der Waals surface area contributed by atoms with Crippen molar-refractivity contribution in [1.29, 1.82) is 5.26 Å². The maximum absolute atomic E-state index is 11.6. The van der Waals surface area contributed by atoms with Crippen LogP contribution < -0.4 is 4.74 Å². The molecule has 0 amide bonds. The van der Waals surface area contributed by atoms with Crippen molar-refractivity contribution in [2.24, 2.45) is 5.92 Å². The van der Waals surface area contributed by atoms with Gasteiger partial charge in [0.15, 0.2) is 0 Å². The minimum atomic E-state index is -0.811. The third kappa shape index (κ3) is 5.83. The molecular formula is C14H19NO2S. The third-order valence-electron chi connectivity index (χ3n) is 2.47. The Morgan fingerprint density at radius 3 is 2.83 bits per heavy atom. The molecule has 98 valence electrons. The number of nitrogens with zero attached hydrogens (tertiary/aromatic N) is 1. The summed E-state index contributed by atoms with van der Waals surface area (Å²) in [4.78, 5) is 0. The minimum absolute atomic E-state index is 0.430. The average molecular weight is 265 g/mol. The van der Waals surface area contributed by atoms with E-state index in [0.717, 1.165) is 12.2 Å². The van der Waals surface area contributed by atoms with Crippen LogP contribution in [-0.4, -0.2) is 22.3 Å². The molecule has 4 heteroatoms. The quantitative estimate of drug-likeness (QED) is 0.761. The third-order valence-corrected chi connectivity index (χ3v) is 3.78. The first-order chi connectivity index (χ1) is 8.61. The summed E-state index contributed by atoms with van der Waals surface area (Å²) in [7, 11) is -0.811. The zero-order valence-corrected chi connectivity index (χ0v) is 11.7. The molecule has 0 N–H and O–H groups in total. The van der Waals surface area contributed by atoms with E-state index >= 15 is 0 Å². The van der Waals surface area contributed by atoms with Crippen LogP contribution in [-0.2, 0) is 10.8 Å². The maximum Gasteiger partial charge on any atom is 0.120 e. The smallest absolute Gasteiger partial charge is 0.120 e. The molecule has 0 heterocycles. The number of hydrogen-bond donors (Lipinski definition) is 0. The Labute approximate surface area is 111 Å². The van der Waals surface area contributed by atoms with Gasteiger partial charge >= 0.3 is 0 Å². The summed E-state index contributed by atoms with van der Waals surface area (Å²) in [5.41, 5.74) is 0.577. The second-order valence-electron chi connectivity index (χ2n) is 4.52. The van der Waals surface area contributed by atoms with Gasteiger partial charge in [-0.15, -0.1) is 0 Å². The summed E-state index contributed by atoms with van der Waals surface area (Å²) in [5.74, 6) is 2.53. The van der Waals surface area contributed by atoms with E-state index in [9.17, 15) is 4.21 Å². The van der Waals surface area contributed by atoms with Gasteiger partial charge in [0.05, 0.1) is 24.0 Å². The Bertz CT molecular complexity index is 438. The fourth-order valence-corrected chi connectivity index (χ4v) is 2.58. The highest BCUT2D eigenvalue weighted by Gasteiger charge is 2.03. The van der Waals surface area contributed by atoms with Gasteiger partial charge in [-0.25, -0.2) is 0 Å². The molecule has 0 saturated carbocycles. The Hall–Kier alpha value is -1.34. The molecule has 0 radical (unpaired) electrons. The second-order valence-corrected chi connectivity index (χ2v) is 6.21. The SMILES string of the molecule is CC(C)CCS(=O)CCOc1cccc(C#N)c1. The molecule has 1 aromatic rings. The van der Waals surface area contributed by atoms with Gasteiger partial charge in [0.2, 0.25) is 0 Å². The van der Waals surface area contributed by atoms with Gasteiger partial charge in [-0.05, 0) is 30.5 Å². The summed E-state index contributed by atoms with van der Waals surface area (Å²) >= 11 is 0. The van der Waals surface area contributed by atoms with Crippen LogP contribution in [0.4, 0.5) is 0 Å². The van der Waals surface area contributed by atoms with E-state index in [-0.39, 0.29) is 0 Å². The van der Waals surface area contributed by atoms with E-state index in [1.54, 1.807) is 24.3 Å². The van der Waals surface area contributed by atoms with Crippen LogP contribution in [0.15, 0.2) is 24.3 Å². The molecule has 3 nitrogen and oxygen atoms in total. The molecule has 0 saturated heterocycles. The van der Waals surface area contributed by atoms with Gasteiger partial charge in [0, 0.05) is 16.6 Å². The van der Waals surface area contributed by atoms with E-state index in [1.807, 2.05) is 0 Å². The summed E-state index contributed by atoms with van der Waals surface area (Å²) in [6.07, 6.45) is 0.983. The van der Waals surface area contributed by atoms with Crippen LogP contribution in [0.2, 0.25) is 0 Å². The average Bonchev–Trinajstić information content (AvgIpc) is 2.36. The fourth-order valence-electron chi connectivity index (χ4n) is 1.38. The van der Waals surface area contributed by atoms with Crippen LogP contribution in [0.5, 0.6) is 5.75 Å². The standard InChI is InChI=1S/C14H19NO2S/c1-12(2)6-8-18(16)9-7-17-14-5-3-4-13(10-14)11-15/h3-5,10,12H,6-9H2,1-2H3. The predicted molar refractivity (Wildman–Crippen MR) is 74.0 cm³/mol. The summed E-state index contributed by atoms with van der Waals surface area (Å²) < 4.78 is 17.1. The first-order valence-electron chi connectivity index (χ1n) is 6.09. The van der Waals surface area contributed by atoms with E-state index in [2.05, 4.69) is 19.9 Å². The normalized spacial score (nSPS) is 12.1. The van der Waals surface area contributed by atoms with E-state index in [1.165, 1.54) is 0 Å². The monoisotopic (exact) mass is 265 g/mol. The molecule has 1 unspecified atom stereocenters. The van der Waals surface area contributed by atoms with Gasteiger partial charge in [-0.3, -0.25) is 4.21 Å². The van der Waals surface area contributed by atoms with Gasteiger partial charge < -0.3 is 4.74 Å². The predicted octanol–water partition coefficient (Wildman–Crippen LogP) is 2.73. The zero-order chi connectivity index (χ0) is 13.4. The molecule has 1 aromatic carbocycles. The highest BCUT2D eigenvalue weighted by molar-refractivity contribution is 7.84. The summed E-state index contributed by atoms with van der Waals surface area (Å²) in [6, 6.07) is 9.07. The van der Waals surface area contributed by atoms with E-state index in [4.69, 9.17) is 10.00 Å². The lowest BCUT2D eigenvalue weighted by atomic mass is 10.2. The van der Waals surface area contributed by atoms with Crippen LogP contribution in [0.3, 0.4) is 0 Å². The van der Waals surface area contributed by atoms with Gasteiger partial charge in [-0.1, -0.05) is 19.9 Å². The Morgan fingerprint density at radius 1 is 1.39 bits per heavy atom. The number of benzene rings is 1. The topological polar surface area (TPSA) is 50.1 Å². The Kier molecular flexibility index (Phi) is 6.45. The molecule has 0 aliphatic heterocycles. The summed E-state index contributed by atoms with van der Waals surface area (Å²) in [5, 5.41) is 8.74. The second kappa shape index (κ2) is 7.88. The highest BCUT2D eigenvalue weighted by Crippen LogP contribution is 2.12. The van der Waals surface area contributed by atoms with E-state index in [0.29, 0.717) is 29.6 Å². The van der Waals surface area contributed by atoms with Crippen LogP contribution >= 0.6 is 0 Å². The maximum atomic E-state index is 11.6. The molecule has 0 bridgehead atoms. The molecule has 0 aliphatic carbocycles. The van der Waals surface area contributed by atoms with Crippen LogP contribution in [0.1, 0.15) is 25.8 Å². The largest absolute Gasteiger partial charge is 0.493 e. The summed E-state index contributed by atoms with van der Waals surface area (Å²) in [6.45, 7) is 4.68. The number of rotatable bonds is 7. The number of nitriles is 1. The molecule has 0 fully saturated rings. The van der Waals surface area contributed by atoms with Crippen molar-refractivity contribution in [1.82, 2.24) is 0 Å². The first kappa shape index (κ1) is 14.7. The van der Waals surface area contributed by atoms with Crippen molar-refractivity contribution in [3.8, 4) is 11.8 Å². The minimum Gasteiger partial charge on any atom is -0.493 e. The Balaban J connectivity index is 2.29. The highest BCUT2D eigenvalue weighted by atomic mass is 32.2. The molecule has 0 aromatic heterocycles. The van der Waals surface area contributed by atoms with Crippen molar-refractivity contribution in [2.45, 2.75) is 20.3 Å². The molecule has 1 rings (SSSR count). The fraction of sp³-hybridized carbons (Fsp3) is 0.500. The number of ether oxygens (including phenoxy) is 1. The molecule has 0 spiro atoms.